The molecule has 0 saturated carbocycles. The van der Waals surface area contributed by atoms with Crippen molar-refractivity contribution < 1.29 is 4.52 Å². The van der Waals surface area contributed by atoms with Crippen molar-refractivity contribution in [2.75, 3.05) is 5.73 Å². The van der Waals surface area contributed by atoms with E-state index in [2.05, 4.69) is 30.6 Å². The van der Waals surface area contributed by atoms with Gasteiger partial charge in [-0.3, -0.25) is 0 Å². The van der Waals surface area contributed by atoms with Gasteiger partial charge in [0.25, 0.3) is 0 Å². The molecule has 0 spiro atoms. The van der Waals surface area contributed by atoms with Crippen molar-refractivity contribution >= 4 is 33.5 Å². The SMILES string of the molecule is Nc1nc(-c2ccc(Cl)c(Br)c2)no1. The van der Waals surface area contributed by atoms with E-state index in [9.17, 15) is 0 Å². The number of anilines is 1. The number of nitrogen functional groups attached to an aromatic ring is 1. The fraction of sp³-hybridized carbons (Fsp3) is 0. The molecule has 72 valence electrons. The molecule has 0 aliphatic heterocycles. The number of nitrogens with zero attached hydrogens (tertiary/aromatic N) is 2. The molecule has 6 heteroatoms. The van der Waals surface area contributed by atoms with Crippen LogP contribution in [0.25, 0.3) is 11.4 Å². The second-order valence-electron chi connectivity index (χ2n) is 2.59. The van der Waals surface area contributed by atoms with Gasteiger partial charge in [-0.15, -0.1) is 0 Å². The molecule has 4 nitrogen and oxygen atoms in total. The molecule has 1 aromatic carbocycles. The maximum absolute atomic E-state index is 5.84. The number of nitrogens with two attached hydrogens (primary N) is 1. The summed E-state index contributed by atoms with van der Waals surface area (Å²) in [6.45, 7) is 0. The van der Waals surface area contributed by atoms with Gasteiger partial charge in [0.15, 0.2) is 0 Å². The normalized spacial score (nSPS) is 10.4. The lowest BCUT2D eigenvalue weighted by Crippen LogP contribution is -1.84. The van der Waals surface area contributed by atoms with E-state index in [1.807, 2.05) is 0 Å². The smallest absolute Gasteiger partial charge is 0.319 e. The number of hydrogen-bond donors (Lipinski definition) is 1. The van der Waals surface area contributed by atoms with Crippen LogP contribution in [0.4, 0.5) is 6.01 Å². The van der Waals surface area contributed by atoms with Gasteiger partial charge in [-0.25, -0.2) is 0 Å². The van der Waals surface area contributed by atoms with Gasteiger partial charge >= 0.3 is 6.01 Å². The maximum Gasteiger partial charge on any atom is 0.319 e. The monoisotopic (exact) mass is 273 g/mol. The molecule has 0 aliphatic rings. The van der Waals surface area contributed by atoms with Crippen molar-refractivity contribution in [3.8, 4) is 11.4 Å². The Morgan fingerprint density at radius 1 is 1.43 bits per heavy atom. The molecule has 0 bridgehead atoms. The zero-order valence-corrected chi connectivity index (χ0v) is 9.21. The molecule has 0 fully saturated rings. The summed E-state index contributed by atoms with van der Waals surface area (Å²) in [4.78, 5) is 3.89. The van der Waals surface area contributed by atoms with Crippen molar-refractivity contribution in [2.24, 2.45) is 0 Å². The first-order chi connectivity index (χ1) is 6.66. The van der Waals surface area contributed by atoms with Gasteiger partial charge < -0.3 is 10.3 Å². The van der Waals surface area contributed by atoms with Gasteiger partial charge in [-0.2, -0.15) is 4.98 Å². The molecule has 0 unspecified atom stereocenters. The van der Waals surface area contributed by atoms with E-state index in [0.29, 0.717) is 10.8 Å². The average molecular weight is 275 g/mol. The van der Waals surface area contributed by atoms with Crippen molar-refractivity contribution in [2.45, 2.75) is 0 Å². The van der Waals surface area contributed by atoms with E-state index >= 15 is 0 Å². The number of hydrogen-bond acceptors (Lipinski definition) is 4. The molecule has 0 saturated heterocycles. The van der Waals surface area contributed by atoms with Crippen LogP contribution in [0.5, 0.6) is 0 Å². The Kier molecular flexibility index (Phi) is 2.43. The summed E-state index contributed by atoms with van der Waals surface area (Å²) in [7, 11) is 0. The lowest BCUT2D eigenvalue weighted by Gasteiger charge is -1.97. The topological polar surface area (TPSA) is 64.9 Å². The summed E-state index contributed by atoms with van der Waals surface area (Å²) in [6.07, 6.45) is 0. The number of halogens is 2. The fourth-order valence-corrected chi connectivity index (χ4v) is 1.48. The highest BCUT2D eigenvalue weighted by atomic mass is 79.9. The Balaban J connectivity index is 2.47. The molecule has 0 atom stereocenters. The summed E-state index contributed by atoms with van der Waals surface area (Å²) < 4.78 is 5.44. The molecule has 14 heavy (non-hydrogen) atoms. The summed E-state index contributed by atoms with van der Waals surface area (Å²) in [6, 6.07) is 5.38. The van der Waals surface area contributed by atoms with Crippen molar-refractivity contribution in [3.63, 3.8) is 0 Å². The molecule has 1 aromatic heterocycles. The number of rotatable bonds is 1. The second kappa shape index (κ2) is 3.59. The molecule has 2 N–H and O–H groups in total. The van der Waals surface area contributed by atoms with Gasteiger partial charge in [0, 0.05) is 10.0 Å². The largest absolute Gasteiger partial charge is 0.351 e. The summed E-state index contributed by atoms with van der Waals surface area (Å²) in [5.41, 5.74) is 6.10. The van der Waals surface area contributed by atoms with Crippen molar-refractivity contribution in [3.05, 3.63) is 27.7 Å². The Labute approximate surface area is 93.2 Å². The Morgan fingerprint density at radius 2 is 2.21 bits per heavy atom. The first-order valence-corrected chi connectivity index (χ1v) is 4.88. The van der Waals surface area contributed by atoms with Crippen LogP contribution >= 0.6 is 27.5 Å². The van der Waals surface area contributed by atoms with Crippen LogP contribution in [0.1, 0.15) is 0 Å². The Hall–Kier alpha value is -1.07. The average Bonchev–Trinajstić information content (AvgIpc) is 2.57. The highest BCUT2D eigenvalue weighted by Crippen LogP contribution is 2.27. The summed E-state index contributed by atoms with van der Waals surface area (Å²) >= 11 is 9.14. The van der Waals surface area contributed by atoms with Crippen molar-refractivity contribution in [1.82, 2.24) is 10.1 Å². The van der Waals surface area contributed by atoms with E-state index in [1.54, 1.807) is 18.2 Å². The van der Waals surface area contributed by atoms with Crippen LogP contribution in [0.2, 0.25) is 5.02 Å². The standard InChI is InChI=1S/C8H5BrClN3O/c9-5-3-4(1-2-6(5)10)7-12-8(11)14-13-7/h1-3H,(H2,11,12,13). The first kappa shape index (κ1) is 9.48. The third-order valence-corrected chi connectivity index (χ3v) is 2.83. The quantitative estimate of drug-likeness (QED) is 0.868. The minimum Gasteiger partial charge on any atom is -0.351 e. The van der Waals surface area contributed by atoms with E-state index in [0.717, 1.165) is 10.0 Å². The minimum atomic E-state index is 0.0473. The first-order valence-electron chi connectivity index (χ1n) is 3.71. The number of benzene rings is 1. The van der Waals surface area contributed by atoms with Gasteiger partial charge in [0.05, 0.1) is 5.02 Å². The van der Waals surface area contributed by atoms with E-state index in [-0.39, 0.29) is 6.01 Å². The third kappa shape index (κ3) is 1.73. The predicted molar refractivity (Wildman–Crippen MR) is 56.9 cm³/mol. The minimum absolute atomic E-state index is 0.0473. The Bertz CT molecular complexity index is 471. The van der Waals surface area contributed by atoms with Crippen molar-refractivity contribution in [1.29, 1.82) is 0 Å². The molecular weight excluding hydrogens is 269 g/mol. The molecule has 2 rings (SSSR count). The molecule has 0 amide bonds. The molecule has 1 heterocycles. The number of aromatic nitrogens is 2. The fourth-order valence-electron chi connectivity index (χ4n) is 0.988. The molecular formula is C8H5BrClN3O. The lowest BCUT2D eigenvalue weighted by molar-refractivity contribution is 0.437. The summed E-state index contributed by atoms with van der Waals surface area (Å²) in [5.74, 6) is 0.444. The Morgan fingerprint density at radius 3 is 2.79 bits per heavy atom. The highest BCUT2D eigenvalue weighted by molar-refractivity contribution is 9.10. The zero-order valence-electron chi connectivity index (χ0n) is 6.87. The molecule has 0 radical (unpaired) electrons. The van der Waals surface area contributed by atoms with Crippen LogP contribution in [-0.2, 0) is 0 Å². The van der Waals surface area contributed by atoms with Crippen LogP contribution in [0.15, 0.2) is 27.2 Å². The van der Waals surface area contributed by atoms with E-state index in [1.165, 1.54) is 0 Å². The predicted octanol–water partition coefficient (Wildman–Crippen LogP) is 2.73. The van der Waals surface area contributed by atoms with Crippen LogP contribution in [0.3, 0.4) is 0 Å². The van der Waals surface area contributed by atoms with Gasteiger partial charge in [-0.05, 0) is 34.1 Å². The lowest BCUT2D eigenvalue weighted by atomic mass is 10.2. The van der Waals surface area contributed by atoms with Gasteiger partial charge in [0.1, 0.15) is 0 Å². The van der Waals surface area contributed by atoms with Gasteiger partial charge in [0.2, 0.25) is 5.82 Å². The van der Waals surface area contributed by atoms with Crippen LogP contribution in [0, 0.1) is 0 Å². The van der Waals surface area contributed by atoms with Crippen LogP contribution < -0.4 is 5.73 Å². The molecule has 0 aliphatic carbocycles. The third-order valence-electron chi connectivity index (χ3n) is 1.62. The van der Waals surface area contributed by atoms with Gasteiger partial charge in [-0.1, -0.05) is 16.8 Å². The van der Waals surface area contributed by atoms with E-state index < -0.39 is 0 Å². The summed E-state index contributed by atoms with van der Waals surface area (Å²) in [5, 5.41) is 4.31. The highest BCUT2D eigenvalue weighted by Gasteiger charge is 2.07. The molecule has 2 aromatic rings. The maximum atomic E-state index is 5.84. The zero-order chi connectivity index (χ0) is 10.1. The van der Waals surface area contributed by atoms with Crippen LogP contribution in [-0.4, -0.2) is 10.1 Å². The second-order valence-corrected chi connectivity index (χ2v) is 3.85. The van der Waals surface area contributed by atoms with E-state index in [4.69, 9.17) is 17.3 Å².